The van der Waals surface area contributed by atoms with Gasteiger partial charge in [0.1, 0.15) is 25.4 Å². The molecule has 0 aliphatic rings. The Labute approximate surface area is 320 Å². The zero-order valence-electron chi connectivity index (χ0n) is 34.5. The molecule has 0 saturated carbocycles. The summed E-state index contributed by atoms with van der Waals surface area (Å²) in [5, 5.41) is 0. The molecule has 0 rings (SSSR count). The molecule has 0 spiro atoms. The highest BCUT2D eigenvalue weighted by molar-refractivity contribution is 5.70. The van der Waals surface area contributed by atoms with Crippen LogP contribution >= 0.6 is 0 Å². The van der Waals surface area contributed by atoms with Crippen molar-refractivity contribution in [3.8, 4) is 0 Å². The lowest BCUT2D eigenvalue weighted by Crippen LogP contribution is -2.17. The van der Waals surface area contributed by atoms with E-state index in [2.05, 4.69) is 13.8 Å². The minimum Gasteiger partial charge on any atom is -0.462 e. The van der Waals surface area contributed by atoms with Crippen LogP contribution in [0.3, 0.4) is 0 Å². The summed E-state index contributed by atoms with van der Waals surface area (Å²) in [6, 6.07) is 0. The number of hydrogen-bond donors (Lipinski definition) is 0. The summed E-state index contributed by atoms with van der Waals surface area (Å²) < 4.78 is 21.9. The fourth-order valence-electron chi connectivity index (χ4n) is 6.52. The van der Waals surface area contributed by atoms with Gasteiger partial charge in [0.05, 0.1) is 0 Å². The predicted octanol–water partition coefficient (Wildman–Crippen LogP) is 12.5. The average molecular weight is 739 g/mol. The van der Waals surface area contributed by atoms with E-state index >= 15 is 0 Å². The van der Waals surface area contributed by atoms with Crippen molar-refractivity contribution in [2.75, 3.05) is 13.2 Å². The number of ether oxygens (including phenoxy) is 4. The number of carbonyl (C=O) groups excluding carboxylic acids is 4. The van der Waals surface area contributed by atoms with E-state index in [1.807, 2.05) is 13.8 Å². The Kier molecular flexibility index (Phi) is 37.0. The van der Waals surface area contributed by atoms with Gasteiger partial charge in [-0.15, -0.1) is 0 Å². The molecule has 0 aromatic heterocycles. The van der Waals surface area contributed by atoms with Crippen LogP contribution in [-0.2, 0) is 38.1 Å². The highest BCUT2D eigenvalue weighted by Crippen LogP contribution is 2.19. The van der Waals surface area contributed by atoms with Crippen LogP contribution in [0.1, 0.15) is 233 Å². The fourth-order valence-corrected chi connectivity index (χ4v) is 6.52. The Morgan fingerprint density at radius 1 is 0.346 bits per heavy atom. The molecule has 0 bridgehead atoms. The van der Waals surface area contributed by atoms with Crippen molar-refractivity contribution in [1.82, 2.24) is 0 Å². The minimum absolute atomic E-state index is 0.0328. The van der Waals surface area contributed by atoms with Gasteiger partial charge in [-0.25, -0.2) is 0 Å². The van der Waals surface area contributed by atoms with Gasteiger partial charge in [0.25, 0.3) is 0 Å². The molecule has 52 heavy (non-hydrogen) atoms. The Bertz CT molecular complexity index is 776. The summed E-state index contributed by atoms with van der Waals surface area (Å²) in [7, 11) is 0. The zero-order valence-corrected chi connectivity index (χ0v) is 34.5. The molecule has 2 atom stereocenters. The van der Waals surface area contributed by atoms with E-state index in [1.54, 1.807) is 0 Å². The predicted molar refractivity (Wildman–Crippen MR) is 212 cm³/mol. The van der Waals surface area contributed by atoms with E-state index in [0.29, 0.717) is 25.7 Å². The summed E-state index contributed by atoms with van der Waals surface area (Å²) in [6.45, 7) is 8.37. The lowest BCUT2D eigenvalue weighted by molar-refractivity contribution is -0.152. The monoisotopic (exact) mass is 739 g/mol. The van der Waals surface area contributed by atoms with Crippen LogP contribution < -0.4 is 0 Å². The quantitative estimate of drug-likeness (QED) is 0.0349. The van der Waals surface area contributed by atoms with Crippen LogP contribution in [0, 0.1) is 0 Å². The van der Waals surface area contributed by atoms with Gasteiger partial charge in [-0.2, -0.15) is 0 Å². The average Bonchev–Trinajstić information content (AvgIpc) is 3.14. The highest BCUT2D eigenvalue weighted by atomic mass is 16.6. The SMILES string of the molecule is CCCCCCCCCC(CCCCCCCC(=O)OCCOC(=O)CCCCCCCC(CCCCCCCCC)OC(=O)CC)OC(=O)CC. The Balaban J connectivity index is 3.84. The van der Waals surface area contributed by atoms with Gasteiger partial charge in [0.2, 0.25) is 0 Å². The van der Waals surface area contributed by atoms with E-state index in [0.717, 1.165) is 103 Å². The van der Waals surface area contributed by atoms with E-state index < -0.39 is 0 Å². The molecule has 2 unspecified atom stereocenters. The third kappa shape index (κ3) is 34.9. The maximum atomic E-state index is 12.1. The molecular formula is C44H82O8. The number of hydrogen-bond acceptors (Lipinski definition) is 8. The third-order valence-electron chi connectivity index (χ3n) is 9.86. The second kappa shape index (κ2) is 38.6. The smallest absolute Gasteiger partial charge is 0.305 e. The second-order valence-electron chi connectivity index (χ2n) is 14.8. The standard InChI is InChI=1S/C44H82O8/c1-5-9-11-13-15-19-25-31-39(51-41(45)7-3)33-27-21-17-23-29-35-43(47)49-37-38-50-44(48)36-30-24-18-22-28-34-40(52-42(46)8-4)32-26-20-16-14-12-10-6-2/h39-40H,5-38H2,1-4H3. The fraction of sp³-hybridized carbons (Fsp3) is 0.909. The second-order valence-corrected chi connectivity index (χ2v) is 14.8. The van der Waals surface area contributed by atoms with E-state index in [4.69, 9.17) is 18.9 Å². The molecule has 0 aliphatic carbocycles. The van der Waals surface area contributed by atoms with Crippen molar-refractivity contribution in [1.29, 1.82) is 0 Å². The maximum Gasteiger partial charge on any atom is 0.305 e. The molecule has 0 amide bonds. The molecule has 0 aromatic carbocycles. The topological polar surface area (TPSA) is 105 Å². The summed E-state index contributed by atoms with van der Waals surface area (Å²) in [5.74, 6) is -0.691. The number of rotatable bonds is 39. The van der Waals surface area contributed by atoms with Crippen LogP contribution in [0.2, 0.25) is 0 Å². The van der Waals surface area contributed by atoms with Crippen molar-refractivity contribution in [2.45, 2.75) is 245 Å². The van der Waals surface area contributed by atoms with E-state index in [1.165, 1.54) is 77.0 Å². The molecule has 0 heterocycles. The molecule has 0 aliphatic heterocycles. The normalized spacial score (nSPS) is 12.3. The molecule has 0 fully saturated rings. The Hall–Kier alpha value is -2.12. The third-order valence-corrected chi connectivity index (χ3v) is 9.86. The molecule has 0 aromatic rings. The van der Waals surface area contributed by atoms with Crippen LogP contribution in [0.15, 0.2) is 0 Å². The molecular weight excluding hydrogens is 656 g/mol. The van der Waals surface area contributed by atoms with Gasteiger partial charge in [-0.05, 0) is 64.2 Å². The minimum atomic E-state index is -0.244. The summed E-state index contributed by atoms with van der Waals surface area (Å²) in [4.78, 5) is 47.9. The van der Waals surface area contributed by atoms with Gasteiger partial charge in [-0.1, -0.05) is 143 Å². The number of unbranched alkanes of at least 4 members (excludes halogenated alkanes) is 20. The molecule has 8 heteroatoms. The van der Waals surface area contributed by atoms with Gasteiger partial charge in [0.15, 0.2) is 0 Å². The summed E-state index contributed by atoms with van der Waals surface area (Å²) in [6.07, 6.45) is 32.9. The van der Waals surface area contributed by atoms with Crippen LogP contribution in [0.5, 0.6) is 0 Å². The Morgan fingerprint density at radius 2 is 0.615 bits per heavy atom. The highest BCUT2D eigenvalue weighted by Gasteiger charge is 2.14. The first-order chi connectivity index (χ1) is 25.4. The van der Waals surface area contributed by atoms with E-state index in [9.17, 15) is 19.2 Å². The largest absolute Gasteiger partial charge is 0.462 e. The van der Waals surface area contributed by atoms with Crippen LogP contribution in [0.4, 0.5) is 0 Å². The van der Waals surface area contributed by atoms with Crippen LogP contribution in [-0.4, -0.2) is 49.3 Å². The van der Waals surface area contributed by atoms with Crippen molar-refractivity contribution >= 4 is 23.9 Å². The van der Waals surface area contributed by atoms with Gasteiger partial charge in [0, 0.05) is 25.7 Å². The van der Waals surface area contributed by atoms with Gasteiger partial charge in [-0.3, -0.25) is 19.2 Å². The van der Waals surface area contributed by atoms with Crippen LogP contribution in [0.25, 0.3) is 0 Å². The summed E-state index contributed by atoms with van der Waals surface area (Å²) >= 11 is 0. The lowest BCUT2D eigenvalue weighted by atomic mass is 10.0. The first kappa shape index (κ1) is 49.9. The van der Waals surface area contributed by atoms with Crippen molar-refractivity contribution in [3.63, 3.8) is 0 Å². The maximum absolute atomic E-state index is 12.1. The summed E-state index contributed by atoms with van der Waals surface area (Å²) in [5.41, 5.74) is 0. The Morgan fingerprint density at radius 3 is 0.904 bits per heavy atom. The number of esters is 4. The molecule has 0 saturated heterocycles. The molecule has 0 N–H and O–H groups in total. The first-order valence-electron chi connectivity index (χ1n) is 22.1. The number of carbonyl (C=O) groups is 4. The molecule has 8 nitrogen and oxygen atoms in total. The van der Waals surface area contributed by atoms with Gasteiger partial charge < -0.3 is 18.9 Å². The van der Waals surface area contributed by atoms with Crippen molar-refractivity contribution in [2.24, 2.45) is 0 Å². The van der Waals surface area contributed by atoms with Crippen molar-refractivity contribution in [3.05, 3.63) is 0 Å². The van der Waals surface area contributed by atoms with E-state index in [-0.39, 0.29) is 49.3 Å². The zero-order chi connectivity index (χ0) is 38.3. The van der Waals surface area contributed by atoms with Gasteiger partial charge >= 0.3 is 23.9 Å². The lowest BCUT2D eigenvalue weighted by Gasteiger charge is -2.17. The molecule has 306 valence electrons. The first-order valence-corrected chi connectivity index (χ1v) is 22.1. The van der Waals surface area contributed by atoms with Crippen molar-refractivity contribution < 1.29 is 38.1 Å². The molecule has 0 radical (unpaired) electrons.